The van der Waals surface area contributed by atoms with Crippen LogP contribution in [0.3, 0.4) is 0 Å². The van der Waals surface area contributed by atoms with Crippen LogP contribution in [0.5, 0.6) is 0 Å². The summed E-state index contributed by atoms with van der Waals surface area (Å²) >= 11 is 3.31. The Kier molecular flexibility index (Phi) is 6.31. The number of aliphatic hydroxyl groups is 1. The van der Waals surface area contributed by atoms with E-state index in [9.17, 15) is 14.7 Å². The van der Waals surface area contributed by atoms with Crippen LogP contribution in [0.25, 0.3) is 0 Å². The molecular formula is C12H15BrN2O4. The SMILES string of the molecule is O=C(O)CCNC(=O)NCC(O)c1ccccc1Br. The van der Waals surface area contributed by atoms with Crippen molar-refractivity contribution in [2.45, 2.75) is 12.5 Å². The second-order valence-corrected chi connectivity index (χ2v) is 4.67. The van der Waals surface area contributed by atoms with Gasteiger partial charge in [0.1, 0.15) is 0 Å². The molecule has 2 amide bonds. The molecule has 0 fully saturated rings. The minimum Gasteiger partial charge on any atom is -0.481 e. The molecule has 1 rings (SSSR count). The first-order valence-electron chi connectivity index (χ1n) is 5.66. The number of carboxylic acid groups (broad SMARTS) is 1. The van der Waals surface area contributed by atoms with Gasteiger partial charge in [0.2, 0.25) is 0 Å². The number of benzene rings is 1. The number of rotatable bonds is 6. The smallest absolute Gasteiger partial charge is 0.314 e. The minimum absolute atomic E-state index is 0.0432. The number of urea groups is 1. The van der Waals surface area contributed by atoms with E-state index >= 15 is 0 Å². The largest absolute Gasteiger partial charge is 0.481 e. The molecule has 1 atom stereocenters. The normalized spacial score (nSPS) is 11.7. The molecule has 0 aliphatic carbocycles. The molecule has 0 saturated heterocycles. The average Bonchev–Trinajstić information content (AvgIpc) is 2.36. The van der Waals surface area contributed by atoms with Gasteiger partial charge in [-0.2, -0.15) is 0 Å². The Bertz CT molecular complexity index is 453. The zero-order valence-electron chi connectivity index (χ0n) is 10.1. The Morgan fingerprint density at radius 3 is 2.58 bits per heavy atom. The summed E-state index contributed by atoms with van der Waals surface area (Å²) in [6, 6.07) is 6.65. The van der Waals surface area contributed by atoms with Crippen molar-refractivity contribution in [3.63, 3.8) is 0 Å². The van der Waals surface area contributed by atoms with Gasteiger partial charge in [-0.15, -0.1) is 0 Å². The lowest BCUT2D eigenvalue weighted by atomic mass is 10.1. The van der Waals surface area contributed by atoms with Gasteiger partial charge in [-0.1, -0.05) is 34.1 Å². The second kappa shape index (κ2) is 7.75. The van der Waals surface area contributed by atoms with Crippen molar-refractivity contribution >= 4 is 27.9 Å². The van der Waals surface area contributed by atoms with E-state index in [0.29, 0.717) is 5.56 Å². The number of nitrogens with one attached hydrogen (secondary N) is 2. The molecule has 1 unspecified atom stereocenters. The fourth-order valence-electron chi connectivity index (χ4n) is 1.39. The van der Waals surface area contributed by atoms with Gasteiger partial charge in [0.05, 0.1) is 12.5 Å². The average molecular weight is 331 g/mol. The maximum atomic E-state index is 11.3. The van der Waals surface area contributed by atoms with Crippen molar-refractivity contribution in [1.29, 1.82) is 0 Å². The van der Waals surface area contributed by atoms with Crippen LogP contribution in [0.2, 0.25) is 0 Å². The lowest BCUT2D eigenvalue weighted by molar-refractivity contribution is -0.136. The van der Waals surface area contributed by atoms with Crippen LogP contribution in [0.15, 0.2) is 28.7 Å². The summed E-state index contributed by atoms with van der Waals surface area (Å²) in [6.07, 6.45) is -0.971. The third kappa shape index (κ3) is 5.71. The molecule has 0 radical (unpaired) electrons. The highest BCUT2D eigenvalue weighted by molar-refractivity contribution is 9.10. The summed E-state index contributed by atoms with van der Waals surface area (Å²) in [4.78, 5) is 21.6. The fourth-order valence-corrected chi connectivity index (χ4v) is 1.94. The Morgan fingerprint density at radius 1 is 1.26 bits per heavy atom. The molecule has 0 spiro atoms. The van der Waals surface area contributed by atoms with E-state index in [-0.39, 0.29) is 19.5 Å². The van der Waals surface area contributed by atoms with Crippen LogP contribution in [-0.2, 0) is 4.79 Å². The highest BCUT2D eigenvalue weighted by Gasteiger charge is 2.11. The summed E-state index contributed by atoms with van der Waals surface area (Å²) in [6.45, 7) is 0.0911. The van der Waals surface area contributed by atoms with Crippen molar-refractivity contribution < 1.29 is 19.8 Å². The number of amides is 2. The molecule has 1 aromatic carbocycles. The van der Waals surface area contributed by atoms with Crippen LogP contribution in [0.1, 0.15) is 18.1 Å². The van der Waals surface area contributed by atoms with Gasteiger partial charge in [-0.05, 0) is 11.6 Å². The number of carbonyl (C=O) groups is 2. The van der Waals surface area contributed by atoms with E-state index in [0.717, 1.165) is 4.47 Å². The quantitative estimate of drug-likeness (QED) is 0.631. The number of aliphatic hydroxyl groups excluding tert-OH is 1. The first-order valence-corrected chi connectivity index (χ1v) is 6.46. The Balaban J connectivity index is 2.34. The van der Waals surface area contributed by atoms with E-state index in [1.807, 2.05) is 6.07 Å². The highest BCUT2D eigenvalue weighted by Crippen LogP contribution is 2.22. The van der Waals surface area contributed by atoms with Gasteiger partial charge in [0.25, 0.3) is 0 Å². The third-order valence-electron chi connectivity index (χ3n) is 2.34. The minimum atomic E-state index is -0.978. The molecule has 0 saturated carbocycles. The van der Waals surface area contributed by atoms with Gasteiger partial charge in [-0.3, -0.25) is 4.79 Å². The van der Waals surface area contributed by atoms with Crippen molar-refractivity contribution in [3.8, 4) is 0 Å². The van der Waals surface area contributed by atoms with E-state index in [4.69, 9.17) is 5.11 Å². The van der Waals surface area contributed by atoms with Gasteiger partial charge >= 0.3 is 12.0 Å². The predicted octanol–water partition coefficient (Wildman–Crippen LogP) is 1.26. The molecule has 1 aromatic rings. The maximum Gasteiger partial charge on any atom is 0.314 e. The van der Waals surface area contributed by atoms with E-state index in [1.165, 1.54) is 0 Å². The molecule has 104 valence electrons. The number of halogens is 1. The van der Waals surface area contributed by atoms with E-state index in [2.05, 4.69) is 26.6 Å². The maximum absolute atomic E-state index is 11.3. The number of aliphatic carboxylic acids is 1. The van der Waals surface area contributed by atoms with E-state index in [1.54, 1.807) is 18.2 Å². The van der Waals surface area contributed by atoms with Gasteiger partial charge < -0.3 is 20.8 Å². The van der Waals surface area contributed by atoms with Gasteiger partial charge in [-0.25, -0.2) is 4.79 Å². The van der Waals surface area contributed by atoms with Gasteiger partial charge in [0.15, 0.2) is 0 Å². The van der Waals surface area contributed by atoms with Crippen molar-refractivity contribution in [3.05, 3.63) is 34.3 Å². The Hall–Kier alpha value is -1.60. The van der Waals surface area contributed by atoms with Gasteiger partial charge in [0, 0.05) is 17.6 Å². The molecule has 4 N–H and O–H groups in total. The highest BCUT2D eigenvalue weighted by atomic mass is 79.9. The number of hydrogen-bond donors (Lipinski definition) is 4. The molecule has 7 heteroatoms. The van der Waals surface area contributed by atoms with Crippen LogP contribution in [0, 0.1) is 0 Å². The summed E-state index contributed by atoms with van der Waals surface area (Å²) in [7, 11) is 0. The van der Waals surface area contributed by atoms with Crippen molar-refractivity contribution in [2.75, 3.05) is 13.1 Å². The van der Waals surface area contributed by atoms with Crippen LogP contribution >= 0.6 is 15.9 Å². The zero-order valence-corrected chi connectivity index (χ0v) is 11.7. The lowest BCUT2D eigenvalue weighted by Crippen LogP contribution is -2.38. The van der Waals surface area contributed by atoms with Crippen LogP contribution in [0.4, 0.5) is 4.79 Å². The molecule has 0 aliphatic heterocycles. The fraction of sp³-hybridized carbons (Fsp3) is 0.333. The molecule has 0 aliphatic rings. The molecule has 19 heavy (non-hydrogen) atoms. The molecule has 0 heterocycles. The number of carboxylic acids is 1. The summed E-state index contributed by atoms with van der Waals surface area (Å²) < 4.78 is 0.760. The number of carbonyl (C=O) groups excluding carboxylic acids is 1. The van der Waals surface area contributed by atoms with Crippen LogP contribution in [-0.4, -0.2) is 35.3 Å². The topological polar surface area (TPSA) is 98.7 Å². The molecule has 6 nitrogen and oxygen atoms in total. The summed E-state index contributed by atoms with van der Waals surface area (Å²) in [5, 5.41) is 23.2. The molecular weight excluding hydrogens is 316 g/mol. The molecule has 0 bridgehead atoms. The second-order valence-electron chi connectivity index (χ2n) is 3.82. The van der Waals surface area contributed by atoms with Crippen LogP contribution < -0.4 is 10.6 Å². The van der Waals surface area contributed by atoms with E-state index < -0.39 is 18.1 Å². The monoisotopic (exact) mass is 330 g/mol. The van der Waals surface area contributed by atoms with Crippen molar-refractivity contribution in [2.24, 2.45) is 0 Å². The van der Waals surface area contributed by atoms with Crippen molar-refractivity contribution in [1.82, 2.24) is 10.6 Å². The third-order valence-corrected chi connectivity index (χ3v) is 3.07. The summed E-state index contributed by atoms with van der Waals surface area (Å²) in [5.74, 6) is -0.978. The summed E-state index contributed by atoms with van der Waals surface area (Å²) in [5.41, 5.74) is 0.674. The first-order chi connectivity index (χ1) is 9.00. The first kappa shape index (κ1) is 15.5. The lowest BCUT2D eigenvalue weighted by Gasteiger charge is -2.14. The standard InChI is InChI=1S/C12H15BrN2O4/c13-9-4-2-1-3-8(9)10(16)7-15-12(19)14-6-5-11(17)18/h1-4,10,16H,5-7H2,(H,17,18)(H2,14,15,19). The molecule has 0 aromatic heterocycles. The Morgan fingerprint density at radius 2 is 1.95 bits per heavy atom. The Labute approximate surface area is 118 Å². The number of hydrogen-bond acceptors (Lipinski definition) is 3. The zero-order chi connectivity index (χ0) is 14.3. The predicted molar refractivity (Wildman–Crippen MR) is 72.8 cm³/mol.